The highest BCUT2D eigenvalue weighted by Gasteiger charge is 2.36. The van der Waals surface area contributed by atoms with Crippen LogP contribution >= 0.6 is 23.1 Å². The van der Waals surface area contributed by atoms with Gasteiger partial charge in [-0.2, -0.15) is 0 Å². The summed E-state index contributed by atoms with van der Waals surface area (Å²) in [5.41, 5.74) is 4.04. The summed E-state index contributed by atoms with van der Waals surface area (Å²) in [7, 11) is 0. The maximum Gasteiger partial charge on any atom is 0.266 e. The van der Waals surface area contributed by atoms with E-state index >= 15 is 0 Å². The molecule has 0 radical (unpaired) electrons. The summed E-state index contributed by atoms with van der Waals surface area (Å²) in [4.78, 5) is 43.9. The van der Waals surface area contributed by atoms with Crippen LogP contribution in [0.15, 0.2) is 71.1 Å². The number of anilines is 2. The van der Waals surface area contributed by atoms with Crippen molar-refractivity contribution in [2.45, 2.75) is 24.1 Å². The number of nitrogens with one attached hydrogen (secondary N) is 1. The van der Waals surface area contributed by atoms with Crippen molar-refractivity contribution in [2.75, 3.05) is 16.0 Å². The van der Waals surface area contributed by atoms with Gasteiger partial charge in [0, 0.05) is 5.69 Å². The number of para-hydroxylation sites is 1. The summed E-state index contributed by atoms with van der Waals surface area (Å²) in [6, 6.07) is 20.0. The lowest BCUT2D eigenvalue weighted by molar-refractivity contribution is -0.113. The molecule has 2 heterocycles. The van der Waals surface area contributed by atoms with Crippen molar-refractivity contribution in [1.29, 1.82) is 0 Å². The Morgan fingerprint density at radius 2 is 1.68 bits per heavy atom. The number of benzene rings is 3. The summed E-state index contributed by atoms with van der Waals surface area (Å²) in [6.07, 6.45) is 0. The van der Waals surface area contributed by atoms with Crippen molar-refractivity contribution in [3.63, 3.8) is 0 Å². The second-order valence-corrected chi connectivity index (χ2v) is 10.5. The molecule has 1 aliphatic heterocycles. The van der Waals surface area contributed by atoms with Crippen LogP contribution in [-0.4, -0.2) is 28.5 Å². The zero-order valence-corrected chi connectivity index (χ0v) is 20.2. The first-order chi connectivity index (χ1) is 16.4. The number of carbonyl (C=O) groups is 3. The van der Waals surface area contributed by atoms with Crippen LogP contribution in [0, 0.1) is 0 Å². The number of rotatable bonds is 6. The Morgan fingerprint density at radius 3 is 2.38 bits per heavy atom. The maximum atomic E-state index is 12.8. The van der Waals surface area contributed by atoms with Gasteiger partial charge >= 0.3 is 0 Å². The molecule has 0 saturated carbocycles. The average molecular weight is 488 g/mol. The van der Waals surface area contributed by atoms with E-state index in [1.807, 2.05) is 24.3 Å². The Morgan fingerprint density at radius 1 is 1.00 bits per heavy atom. The summed E-state index contributed by atoms with van der Waals surface area (Å²) in [5, 5.41) is 3.00. The number of thiazole rings is 1. The second-order valence-electron chi connectivity index (χ2n) is 8.20. The zero-order chi connectivity index (χ0) is 23.8. The van der Waals surface area contributed by atoms with Crippen LogP contribution in [0.2, 0.25) is 0 Å². The van der Waals surface area contributed by atoms with Gasteiger partial charge in [-0.25, -0.2) is 9.88 Å². The number of nitrogens with zero attached hydrogens (tertiary/aromatic N) is 2. The number of amides is 3. The Kier molecular flexibility index (Phi) is 5.93. The second kappa shape index (κ2) is 9.04. The highest BCUT2D eigenvalue weighted by atomic mass is 32.2. The number of carbonyl (C=O) groups excluding carboxylic acids is 3. The summed E-state index contributed by atoms with van der Waals surface area (Å²) >= 11 is 2.80. The molecule has 5 rings (SSSR count). The standard InChI is InChI=1S/C26H21N3O3S2/c1-15(2)17-7-5-6-10-20(17)27-23(30)14-33-26-28-21-12-11-16(13-22(21)34-26)29-24(31)18-8-3-4-9-19(18)25(29)32/h3-13,15H,14H2,1-2H3,(H,27,30). The minimum atomic E-state index is -0.322. The molecule has 1 aliphatic rings. The molecule has 0 bridgehead atoms. The first-order valence-corrected chi connectivity index (χ1v) is 12.6. The molecule has 3 amide bonds. The predicted molar refractivity (Wildman–Crippen MR) is 137 cm³/mol. The molecule has 0 saturated heterocycles. The van der Waals surface area contributed by atoms with E-state index in [-0.39, 0.29) is 23.5 Å². The smallest absolute Gasteiger partial charge is 0.266 e. The van der Waals surface area contributed by atoms with Crippen molar-refractivity contribution >= 4 is 62.4 Å². The molecular formula is C26H21N3O3S2. The van der Waals surface area contributed by atoms with Gasteiger partial charge in [-0.05, 0) is 47.9 Å². The molecule has 1 aromatic heterocycles. The number of hydrogen-bond acceptors (Lipinski definition) is 6. The first kappa shape index (κ1) is 22.3. The van der Waals surface area contributed by atoms with Crippen molar-refractivity contribution in [1.82, 2.24) is 4.98 Å². The van der Waals surface area contributed by atoms with Crippen molar-refractivity contribution in [3.8, 4) is 0 Å². The van der Waals surface area contributed by atoms with Crippen molar-refractivity contribution < 1.29 is 14.4 Å². The third-order valence-electron chi connectivity index (χ3n) is 5.59. The van der Waals surface area contributed by atoms with E-state index in [0.29, 0.717) is 22.7 Å². The Balaban J connectivity index is 1.30. The van der Waals surface area contributed by atoms with Crippen molar-refractivity contribution in [2.24, 2.45) is 0 Å². The van der Waals surface area contributed by atoms with Crippen LogP contribution < -0.4 is 10.2 Å². The third-order valence-corrected chi connectivity index (χ3v) is 7.75. The first-order valence-electron chi connectivity index (χ1n) is 10.8. The van der Waals surface area contributed by atoms with Gasteiger partial charge < -0.3 is 5.32 Å². The molecule has 0 aliphatic carbocycles. The lowest BCUT2D eigenvalue weighted by Gasteiger charge is -2.13. The van der Waals surface area contributed by atoms with E-state index in [2.05, 4.69) is 24.1 Å². The van der Waals surface area contributed by atoms with Gasteiger partial charge in [0.15, 0.2) is 4.34 Å². The molecule has 4 aromatic rings. The predicted octanol–water partition coefficient (Wildman–Crippen LogP) is 5.95. The lowest BCUT2D eigenvalue weighted by Crippen LogP contribution is -2.29. The normalized spacial score (nSPS) is 13.1. The van der Waals surface area contributed by atoms with Gasteiger partial charge in [-0.15, -0.1) is 11.3 Å². The summed E-state index contributed by atoms with van der Waals surface area (Å²) in [6.45, 7) is 4.19. The molecule has 8 heteroatoms. The fraction of sp³-hybridized carbons (Fsp3) is 0.154. The zero-order valence-electron chi connectivity index (χ0n) is 18.6. The minimum absolute atomic E-state index is 0.0935. The molecule has 3 aromatic carbocycles. The maximum absolute atomic E-state index is 12.8. The lowest BCUT2D eigenvalue weighted by atomic mass is 10.0. The topological polar surface area (TPSA) is 79.4 Å². The number of thioether (sulfide) groups is 1. The van der Waals surface area contributed by atoms with Crippen LogP contribution in [0.25, 0.3) is 10.2 Å². The van der Waals surface area contributed by atoms with E-state index in [9.17, 15) is 14.4 Å². The fourth-order valence-corrected chi connectivity index (χ4v) is 5.85. The third kappa shape index (κ3) is 4.10. The molecule has 1 N–H and O–H groups in total. The van der Waals surface area contributed by atoms with Crippen LogP contribution in [0.4, 0.5) is 11.4 Å². The van der Waals surface area contributed by atoms with E-state index in [4.69, 9.17) is 0 Å². The molecule has 170 valence electrons. The Hall–Kier alpha value is -3.49. The number of aromatic nitrogens is 1. The van der Waals surface area contributed by atoms with Gasteiger partial charge in [0.05, 0.1) is 32.8 Å². The summed E-state index contributed by atoms with van der Waals surface area (Å²) < 4.78 is 1.60. The molecular weight excluding hydrogens is 466 g/mol. The quantitative estimate of drug-likeness (QED) is 0.268. The van der Waals surface area contributed by atoms with Gasteiger partial charge in [-0.1, -0.05) is 55.9 Å². The summed E-state index contributed by atoms with van der Waals surface area (Å²) in [5.74, 6) is -0.194. The van der Waals surface area contributed by atoms with Gasteiger partial charge in [0.2, 0.25) is 5.91 Å². The molecule has 0 atom stereocenters. The Bertz CT molecular complexity index is 1410. The van der Waals surface area contributed by atoms with Gasteiger partial charge in [0.25, 0.3) is 11.8 Å². The number of imide groups is 1. The fourth-order valence-electron chi connectivity index (χ4n) is 3.94. The highest BCUT2D eigenvalue weighted by Crippen LogP contribution is 2.35. The van der Waals surface area contributed by atoms with Gasteiger partial charge in [0.1, 0.15) is 0 Å². The van der Waals surface area contributed by atoms with Crippen LogP contribution in [0.5, 0.6) is 0 Å². The number of fused-ring (bicyclic) bond motifs is 2. The van der Waals surface area contributed by atoms with Crippen LogP contribution in [-0.2, 0) is 4.79 Å². The largest absolute Gasteiger partial charge is 0.325 e. The molecule has 34 heavy (non-hydrogen) atoms. The van der Waals surface area contributed by atoms with Crippen molar-refractivity contribution in [3.05, 3.63) is 83.4 Å². The monoisotopic (exact) mass is 487 g/mol. The van der Waals surface area contributed by atoms with Crippen LogP contribution in [0.3, 0.4) is 0 Å². The molecule has 6 nitrogen and oxygen atoms in total. The highest BCUT2D eigenvalue weighted by molar-refractivity contribution is 8.01. The number of hydrogen-bond donors (Lipinski definition) is 1. The molecule has 0 spiro atoms. The van der Waals surface area contributed by atoms with E-state index in [0.717, 1.165) is 25.8 Å². The average Bonchev–Trinajstić information content (AvgIpc) is 3.36. The van der Waals surface area contributed by atoms with Crippen LogP contribution in [0.1, 0.15) is 46.0 Å². The van der Waals surface area contributed by atoms with E-state index in [1.54, 1.807) is 42.5 Å². The minimum Gasteiger partial charge on any atom is -0.325 e. The SMILES string of the molecule is CC(C)c1ccccc1NC(=O)CSc1nc2ccc(N3C(=O)c4ccccc4C3=O)cc2s1. The molecule has 0 unspecified atom stereocenters. The Labute approximate surface area is 205 Å². The molecule has 0 fully saturated rings. The van der Waals surface area contributed by atoms with Gasteiger partial charge in [-0.3, -0.25) is 14.4 Å². The van der Waals surface area contributed by atoms with E-state index in [1.165, 1.54) is 28.0 Å². The van der Waals surface area contributed by atoms with E-state index < -0.39 is 0 Å².